The van der Waals surface area contributed by atoms with Crippen LogP contribution in [0.5, 0.6) is 5.75 Å². The molecule has 0 saturated carbocycles. The van der Waals surface area contributed by atoms with Crippen molar-refractivity contribution in [3.63, 3.8) is 0 Å². The molecule has 1 aliphatic heterocycles. The lowest BCUT2D eigenvalue weighted by molar-refractivity contribution is -0.0508. The largest absolute Gasteiger partial charge is 0.434 e. The monoisotopic (exact) mass is 270 g/mol. The van der Waals surface area contributed by atoms with E-state index in [9.17, 15) is 8.78 Å². The standard InChI is InChI=1S/C14H20F2N2O/c15-14(16)19-13-4-2-1-3-12(13)10-18-7-5-11(9-17)6-8-18/h1-4,11,14H,5-10,17H2. The minimum Gasteiger partial charge on any atom is -0.434 e. The summed E-state index contributed by atoms with van der Waals surface area (Å²) in [7, 11) is 0. The smallest absolute Gasteiger partial charge is 0.387 e. The van der Waals surface area contributed by atoms with E-state index in [1.54, 1.807) is 12.1 Å². The Morgan fingerprint density at radius 3 is 2.58 bits per heavy atom. The van der Waals surface area contributed by atoms with Crippen LogP contribution < -0.4 is 10.5 Å². The summed E-state index contributed by atoms with van der Waals surface area (Å²) in [5.41, 5.74) is 6.47. The lowest BCUT2D eigenvalue weighted by Crippen LogP contribution is -2.35. The van der Waals surface area contributed by atoms with Crippen molar-refractivity contribution < 1.29 is 13.5 Å². The number of likely N-dealkylation sites (tertiary alicyclic amines) is 1. The summed E-state index contributed by atoms with van der Waals surface area (Å²) in [6, 6.07) is 6.99. The Kier molecular flexibility index (Phi) is 5.10. The van der Waals surface area contributed by atoms with Gasteiger partial charge in [-0.05, 0) is 44.5 Å². The molecule has 0 atom stereocenters. The van der Waals surface area contributed by atoms with Gasteiger partial charge >= 0.3 is 6.61 Å². The van der Waals surface area contributed by atoms with E-state index in [0.717, 1.165) is 38.0 Å². The van der Waals surface area contributed by atoms with Crippen LogP contribution >= 0.6 is 0 Å². The van der Waals surface area contributed by atoms with Crippen LogP contribution in [0.15, 0.2) is 24.3 Å². The molecular weight excluding hydrogens is 250 g/mol. The number of nitrogens with two attached hydrogens (primary N) is 1. The van der Waals surface area contributed by atoms with E-state index >= 15 is 0 Å². The first-order valence-electron chi connectivity index (χ1n) is 6.64. The first-order chi connectivity index (χ1) is 9.19. The topological polar surface area (TPSA) is 38.5 Å². The zero-order valence-corrected chi connectivity index (χ0v) is 10.9. The van der Waals surface area contributed by atoms with Crippen LogP contribution in [0.4, 0.5) is 8.78 Å². The lowest BCUT2D eigenvalue weighted by atomic mass is 9.97. The summed E-state index contributed by atoms with van der Waals surface area (Å²) >= 11 is 0. The van der Waals surface area contributed by atoms with Crippen LogP contribution in [0, 0.1) is 5.92 Å². The fourth-order valence-electron chi connectivity index (χ4n) is 2.47. The number of rotatable bonds is 5. The number of piperidine rings is 1. The Balaban J connectivity index is 1.95. The van der Waals surface area contributed by atoms with Gasteiger partial charge in [-0.2, -0.15) is 8.78 Å². The summed E-state index contributed by atoms with van der Waals surface area (Å²) in [4.78, 5) is 2.26. The Morgan fingerprint density at radius 2 is 1.95 bits per heavy atom. The molecule has 0 aliphatic carbocycles. The molecule has 1 fully saturated rings. The molecule has 106 valence electrons. The molecule has 1 saturated heterocycles. The zero-order chi connectivity index (χ0) is 13.7. The minimum atomic E-state index is -2.77. The second-order valence-electron chi connectivity index (χ2n) is 4.94. The zero-order valence-electron chi connectivity index (χ0n) is 10.9. The van der Waals surface area contributed by atoms with Gasteiger partial charge in [0.25, 0.3) is 0 Å². The molecular formula is C14H20F2N2O. The van der Waals surface area contributed by atoms with Gasteiger partial charge in [0.1, 0.15) is 5.75 Å². The van der Waals surface area contributed by atoms with Crippen molar-refractivity contribution in [3.05, 3.63) is 29.8 Å². The number of halogens is 2. The quantitative estimate of drug-likeness (QED) is 0.893. The molecule has 1 heterocycles. The maximum absolute atomic E-state index is 12.3. The summed E-state index contributed by atoms with van der Waals surface area (Å²) in [6.45, 7) is 0.540. The van der Waals surface area contributed by atoms with E-state index in [2.05, 4.69) is 9.64 Å². The molecule has 0 radical (unpaired) electrons. The molecule has 1 aliphatic rings. The molecule has 1 aromatic carbocycles. The molecule has 0 aromatic heterocycles. The van der Waals surface area contributed by atoms with Crippen LogP contribution in [0.3, 0.4) is 0 Å². The molecule has 1 aromatic rings. The highest BCUT2D eigenvalue weighted by atomic mass is 19.3. The number of ether oxygens (including phenoxy) is 1. The van der Waals surface area contributed by atoms with Crippen molar-refractivity contribution in [2.75, 3.05) is 19.6 Å². The predicted octanol–water partition coefficient (Wildman–Crippen LogP) is 2.46. The predicted molar refractivity (Wildman–Crippen MR) is 70.1 cm³/mol. The van der Waals surface area contributed by atoms with E-state index in [4.69, 9.17) is 5.73 Å². The Morgan fingerprint density at radius 1 is 1.26 bits per heavy atom. The van der Waals surface area contributed by atoms with Crippen molar-refractivity contribution in [3.8, 4) is 5.75 Å². The summed E-state index contributed by atoms with van der Waals surface area (Å²) in [5.74, 6) is 0.877. The van der Waals surface area contributed by atoms with Crippen molar-refractivity contribution in [1.29, 1.82) is 0 Å². The van der Waals surface area contributed by atoms with Crippen LogP contribution in [0.2, 0.25) is 0 Å². The lowest BCUT2D eigenvalue weighted by Gasteiger charge is -2.31. The van der Waals surface area contributed by atoms with Crippen LogP contribution in [0.1, 0.15) is 18.4 Å². The van der Waals surface area contributed by atoms with Gasteiger partial charge in [0, 0.05) is 12.1 Å². The first-order valence-corrected chi connectivity index (χ1v) is 6.64. The third kappa shape index (κ3) is 4.14. The van der Waals surface area contributed by atoms with Crippen molar-refractivity contribution in [2.45, 2.75) is 26.0 Å². The number of hydrogen-bond acceptors (Lipinski definition) is 3. The van der Waals surface area contributed by atoms with Gasteiger partial charge in [0.05, 0.1) is 0 Å². The Hall–Kier alpha value is -1.20. The average Bonchev–Trinajstić information content (AvgIpc) is 2.41. The Bertz CT molecular complexity index is 393. The molecule has 0 unspecified atom stereocenters. The molecule has 3 nitrogen and oxygen atoms in total. The molecule has 5 heteroatoms. The van der Waals surface area contributed by atoms with Gasteiger partial charge in [-0.1, -0.05) is 18.2 Å². The highest BCUT2D eigenvalue weighted by Crippen LogP contribution is 2.24. The van der Waals surface area contributed by atoms with E-state index in [1.165, 1.54) is 0 Å². The number of alkyl halides is 2. The molecule has 0 amide bonds. The summed E-state index contributed by atoms with van der Waals surface area (Å²) in [5, 5.41) is 0. The normalized spacial score (nSPS) is 17.9. The maximum Gasteiger partial charge on any atom is 0.387 e. The van der Waals surface area contributed by atoms with Gasteiger partial charge in [-0.25, -0.2) is 0 Å². The highest BCUT2D eigenvalue weighted by molar-refractivity contribution is 5.33. The summed E-state index contributed by atoms with van der Waals surface area (Å²) in [6.07, 6.45) is 2.16. The van der Waals surface area contributed by atoms with Crippen LogP contribution in [0.25, 0.3) is 0 Å². The SMILES string of the molecule is NCC1CCN(Cc2ccccc2OC(F)F)CC1. The molecule has 0 bridgehead atoms. The first kappa shape index (κ1) is 14.2. The van der Waals surface area contributed by atoms with Crippen molar-refractivity contribution >= 4 is 0 Å². The van der Waals surface area contributed by atoms with Crippen molar-refractivity contribution in [2.24, 2.45) is 11.7 Å². The fourth-order valence-corrected chi connectivity index (χ4v) is 2.47. The van der Waals surface area contributed by atoms with Crippen LogP contribution in [-0.4, -0.2) is 31.1 Å². The maximum atomic E-state index is 12.3. The number of nitrogens with zero attached hydrogens (tertiary/aromatic N) is 1. The number of hydrogen-bond donors (Lipinski definition) is 1. The molecule has 19 heavy (non-hydrogen) atoms. The second-order valence-corrected chi connectivity index (χ2v) is 4.94. The van der Waals surface area contributed by atoms with Crippen molar-refractivity contribution in [1.82, 2.24) is 4.90 Å². The van der Waals surface area contributed by atoms with E-state index in [-0.39, 0.29) is 5.75 Å². The average molecular weight is 270 g/mol. The Labute approximate surface area is 112 Å². The fraction of sp³-hybridized carbons (Fsp3) is 0.571. The third-order valence-electron chi connectivity index (χ3n) is 3.62. The summed E-state index contributed by atoms with van der Waals surface area (Å²) < 4.78 is 29.2. The van der Waals surface area contributed by atoms with Gasteiger partial charge in [0.2, 0.25) is 0 Å². The molecule has 0 spiro atoms. The number of benzene rings is 1. The van der Waals surface area contributed by atoms with E-state index in [1.807, 2.05) is 12.1 Å². The van der Waals surface area contributed by atoms with E-state index in [0.29, 0.717) is 12.5 Å². The van der Waals surface area contributed by atoms with Gasteiger partial charge < -0.3 is 10.5 Å². The van der Waals surface area contributed by atoms with Gasteiger partial charge in [0.15, 0.2) is 0 Å². The van der Waals surface area contributed by atoms with E-state index < -0.39 is 6.61 Å². The minimum absolute atomic E-state index is 0.276. The van der Waals surface area contributed by atoms with Crippen LogP contribution in [-0.2, 0) is 6.54 Å². The third-order valence-corrected chi connectivity index (χ3v) is 3.62. The highest BCUT2D eigenvalue weighted by Gasteiger charge is 2.19. The molecule has 2 rings (SSSR count). The van der Waals surface area contributed by atoms with Gasteiger partial charge in [-0.3, -0.25) is 4.90 Å². The second kappa shape index (κ2) is 6.82. The number of para-hydroxylation sites is 1. The van der Waals surface area contributed by atoms with Gasteiger partial charge in [-0.15, -0.1) is 0 Å². The molecule has 2 N–H and O–H groups in total.